The highest BCUT2D eigenvalue weighted by molar-refractivity contribution is 6.43. The van der Waals surface area contributed by atoms with Crippen molar-refractivity contribution in [2.24, 2.45) is 0 Å². The predicted molar refractivity (Wildman–Crippen MR) is 52.8 cm³/mol. The molecule has 0 bridgehead atoms. The minimum atomic E-state index is -4.60. The van der Waals surface area contributed by atoms with Gasteiger partial charge in [-0.2, -0.15) is 13.2 Å². The third kappa shape index (κ3) is 2.59. The average molecular weight is 273 g/mol. The summed E-state index contributed by atoms with van der Waals surface area (Å²) < 4.78 is 41.5. The minimum Gasteiger partial charge on any atom is -0.465 e. The van der Waals surface area contributed by atoms with Crippen LogP contribution < -0.4 is 0 Å². The van der Waals surface area contributed by atoms with Gasteiger partial charge >= 0.3 is 12.1 Å². The minimum absolute atomic E-state index is 0.262. The van der Waals surface area contributed by atoms with E-state index in [0.717, 1.165) is 7.11 Å². The summed E-state index contributed by atoms with van der Waals surface area (Å²) in [4.78, 5) is 11.1. The van der Waals surface area contributed by atoms with Crippen molar-refractivity contribution >= 4 is 29.2 Å². The van der Waals surface area contributed by atoms with Crippen molar-refractivity contribution in [3.05, 3.63) is 33.3 Å². The van der Waals surface area contributed by atoms with E-state index < -0.39 is 23.3 Å². The lowest BCUT2D eigenvalue weighted by Crippen LogP contribution is -2.09. The number of carbonyl (C=O) groups is 1. The molecular weight excluding hydrogens is 268 g/mol. The van der Waals surface area contributed by atoms with Gasteiger partial charge in [-0.25, -0.2) is 4.79 Å². The normalized spacial score (nSPS) is 11.4. The number of benzene rings is 1. The van der Waals surface area contributed by atoms with Gasteiger partial charge in [-0.3, -0.25) is 0 Å². The van der Waals surface area contributed by atoms with Crippen molar-refractivity contribution in [1.82, 2.24) is 0 Å². The maximum absolute atomic E-state index is 12.4. The Labute approximate surface area is 98.9 Å². The Hall–Kier alpha value is -0.940. The largest absolute Gasteiger partial charge is 0.465 e. The summed E-state index contributed by atoms with van der Waals surface area (Å²) in [5.74, 6) is -0.974. The van der Waals surface area contributed by atoms with Crippen LogP contribution in [0.2, 0.25) is 10.0 Å². The molecule has 0 fully saturated rings. The second-order valence-electron chi connectivity index (χ2n) is 2.81. The molecule has 0 atom stereocenters. The molecule has 0 amide bonds. The van der Waals surface area contributed by atoms with Gasteiger partial charge in [0.1, 0.15) is 0 Å². The SMILES string of the molecule is COC(=O)c1cc(C(F)(F)F)cc(Cl)c1Cl. The van der Waals surface area contributed by atoms with Gasteiger partial charge < -0.3 is 4.74 Å². The van der Waals surface area contributed by atoms with Gasteiger partial charge in [-0.05, 0) is 12.1 Å². The molecule has 0 heterocycles. The molecule has 0 spiro atoms. The number of halogens is 5. The van der Waals surface area contributed by atoms with Crippen LogP contribution in [0.5, 0.6) is 0 Å². The first-order chi connectivity index (χ1) is 7.27. The van der Waals surface area contributed by atoms with Crippen molar-refractivity contribution < 1.29 is 22.7 Å². The zero-order valence-electron chi connectivity index (χ0n) is 7.86. The lowest BCUT2D eigenvalue weighted by atomic mass is 10.1. The molecule has 0 aliphatic heterocycles. The topological polar surface area (TPSA) is 26.3 Å². The second-order valence-corrected chi connectivity index (χ2v) is 3.59. The number of ether oxygens (including phenoxy) is 1. The maximum Gasteiger partial charge on any atom is 0.416 e. The number of alkyl halides is 3. The first-order valence-corrected chi connectivity index (χ1v) is 4.67. The van der Waals surface area contributed by atoms with Crippen LogP contribution in [-0.2, 0) is 10.9 Å². The summed E-state index contributed by atoms with van der Waals surface area (Å²) in [6, 6.07) is 1.25. The first-order valence-electron chi connectivity index (χ1n) is 3.92. The standard InChI is InChI=1S/C9H5Cl2F3O2/c1-16-8(15)5-2-4(9(12,13)14)3-6(10)7(5)11/h2-3H,1H3. The molecule has 7 heteroatoms. The Bertz CT molecular complexity index is 429. The predicted octanol–water partition coefficient (Wildman–Crippen LogP) is 3.80. The molecule has 0 aliphatic rings. The van der Waals surface area contributed by atoms with Gasteiger partial charge in [0, 0.05) is 0 Å². The number of carbonyl (C=O) groups excluding carboxylic acids is 1. The van der Waals surface area contributed by atoms with E-state index in [9.17, 15) is 18.0 Å². The van der Waals surface area contributed by atoms with Crippen molar-refractivity contribution in [2.45, 2.75) is 6.18 Å². The molecule has 0 radical (unpaired) electrons. The number of rotatable bonds is 1. The summed E-state index contributed by atoms with van der Waals surface area (Å²) in [7, 11) is 1.03. The Balaban J connectivity index is 3.39. The van der Waals surface area contributed by atoms with E-state index in [4.69, 9.17) is 23.2 Å². The van der Waals surface area contributed by atoms with Crippen molar-refractivity contribution in [2.75, 3.05) is 7.11 Å². The summed E-state index contributed by atoms with van der Waals surface area (Å²) in [6.07, 6.45) is -4.60. The fourth-order valence-corrected chi connectivity index (χ4v) is 1.42. The third-order valence-electron chi connectivity index (χ3n) is 1.76. The van der Waals surface area contributed by atoms with E-state index >= 15 is 0 Å². The highest BCUT2D eigenvalue weighted by Gasteiger charge is 2.33. The Morgan fingerprint density at radius 3 is 2.31 bits per heavy atom. The quantitative estimate of drug-likeness (QED) is 0.727. The molecule has 2 nitrogen and oxygen atoms in total. The molecular formula is C9H5Cl2F3O2. The first kappa shape index (κ1) is 13.1. The fraction of sp³-hybridized carbons (Fsp3) is 0.222. The van der Waals surface area contributed by atoms with Crippen LogP contribution in [0.1, 0.15) is 15.9 Å². The van der Waals surface area contributed by atoms with E-state index in [1.54, 1.807) is 0 Å². The molecule has 0 N–H and O–H groups in total. The number of methoxy groups -OCH3 is 1. The molecule has 1 rings (SSSR count). The summed E-state index contributed by atoms with van der Waals surface area (Å²) in [5, 5.41) is -0.613. The molecule has 0 aromatic heterocycles. The Kier molecular flexibility index (Phi) is 3.70. The van der Waals surface area contributed by atoms with Gasteiger partial charge in [0.25, 0.3) is 0 Å². The smallest absolute Gasteiger partial charge is 0.416 e. The highest BCUT2D eigenvalue weighted by atomic mass is 35.5. The average Bonchev–Trinajstić information content (AvgIpc) is 2.19. The van der Waals surface area contributed by atoms with Crippen LogP contribution in [0.15, 0.2) is 12.1 Å². The van der Waals surface area contributed by atoms with Crippen molar-refractivity contribution in [1.29, 1.82) is 0 Å². The molecule has 0 saturated heterocycles. The number of esters is 1. The monoisotopic (exact) mass is 272 g/mol. The van der Waals surface area contributed by atoms with Gasteiger partial charge in [0.15, 0.2) is 0 Å². The van der Waals surface area contributed by atoms with Crippen LogP contribution in [0.4, 0.5) is 13.2 Å². The molecule has 1 aromatic carbocycles. The van der Waals surface area contributed by atoms with Crippen LogP contribution in [-0.4, -0.2) is 13.1 Å². The van der Waals surface area contributed by atoms with Crippen LogP contribution in [0.3, 0.4) is 0 Å². The van der Waals surface area contributed by atoms with Gasteiger partial charge in [0.2, 0.25) is 0 Å². The van der Waals surface area contributed by atoms with E-state index in [-0.39, 0.29) is 10.0 Å². The number of hydrogen-bond acceptors (Lipinski definition) is 2. The molecule has 1 aromatic rings. The molecule has 0 unspecified atom stereocenters. The zero-order chi connectivity index (χ0) is 12.5. The molecule has 16 heavy (non-hydrogen) atoms. The van der Waals surface area contributed by atoms with Crippen LogP contribution in [0, 0.1) is 0 Å². The highest BCUT2D eigenvalue weighted by Crippen LogP contribution is 2.36. The third-order valence-corrected chi connectivity index (χ3v) is 2.56. The maximum atomic E-state index is 12.4. The van der Waals surface area contributed by atoms with E-state index in [1.165, 1.54) is 0 Å². The van der Waals surface area contributed by atoms with E-state index in [0.29, 0.717) is 12.1 Å². The fourth-order valence-electron chi connectivity index (χ4n) is 1.01. The Morgan fingerprint density at radius 1 is 1.31 bits per heavy atom. The number of hydrogen-bond donors (Lipinski definition) is 0. The van der Waals surface area contributed by atoms with Crippen LogP contribution in [0.25, 0.3) is 0 Å². The zero-order valence-corrected chi connectivity index (χ0v) is 9.37. The van der Waals surface area contributed by atoms with Gasteiger partial charge in [-0.1, -0.05) is 23.2 Å². The van der Waals surface area contributed by atoms with Crippen molar-refractivity contribution in [3.63, 3.8) is 0 Å². The molecule has 0 saturated carbocycles. The second kappa shape index (κ2) is 4.51. The molecule has 88 valence electrons. The lowest BCUT2D eigenvalue weighted by Gasteiger charge is -2.10. The van der Waals surface area contributed by atoms with Crippen LogP contribution >= 0.6 is 23.2 Å². The summed E-state index contributed by atoms with van der Waals surface area (Å²) >= 11 is 11.1. The summed E-state index contributed by atoms with van der Waals surface area (Å²) in [6.45, 7) is 0. The summed E-state index contributed by atoms with van der Waals surface area (Å²) in [5.41, 5.74) is -1.47. The lowest BCUT2D eigenvalue weighted by molar-refractivity contribution is -0.137. The van der Waals surface area contributed by atoms with Crippen molar-refractivity contribution in [3.8, 4) is 0 Å². The van der Waals surface area contributed by atoms with E-state index in [1.807, 2.05) is 0 Å². The Morgan fingerprint density at radius 2 is 1.88 bits per heavy atom. The van der Waals surface area contributed by atoms with Gasteiger partial charge in [-0.15, -0.1) is 0 Å². The molecule has 0 aliphatic carbocycles. The van der Waals surface area contributed by atoms with E-state index in [2.05, 4.69) is 4.74 Å². The van der Waals surface area contributed by atoms with Gasteiger partial charge in [0.05, 0.1) is 28.3 Å².